The van der Waals surface area contributed by atoms with Crippen LogP contribution in [-0.4, -0.2) is 49.8 Å². The molecule has 0 atom stereocenters. The summed E-state index contributed by atoms with van der Waals surface area (Å²) < 4.78 is 22.3. The summed E-state index contributed by atoms with van der Waals surface area (Å²) in [6.45, 7) is 6.09. The highest BCUT2D eigenvalue weighted by molar-refractivity contribution is 7.90. The highest BCUT2D eigenvalue weighted by atomic mass is 32.2. The molecule has 2 N–H and O–H groups in total. The minimum atomic E-state index is -3.11. The van der Waals surface area contributed by atoms with Crippen LogP contribution in [-0.2, 0) is 15.3 Å². The summed E-state index contributed by atoms with van der Waals surface area (Å²) in [5, 5.41) is 0. The molecule has 1 heterocycles. The lowest BCUT2D eigenvalue weighted by molar-refractivity contribution is 0.0803. The molecule has 0 spiro atoms. The van der Waals surface area contributed by atoms with Crippen molar-refractivity contribution >= 4 is 21.6 Å². The van der Waals surface area contributed by atoms with Crippen LogP contribution in [0.1, 0.15) is 36.8 Å². The fraction of sp³-hybridized carbons (Fsp3) is 0.571. The smallest absolute Gasteiger partial charge is 0.253 e. The first-order valence-corrected chi connectivity index (χ1v) is 8.67. The Morgan fingerprint density at radius 1 is 1.33 bits per heavy atom. The summed E-state index contributed by atoms with van der Waals surface area (Å²) in [6.07, 6.45) is 1.15. The summed E-state index contributed by atoms with van der Waals surface area (Å²) in [5.74, 6) is -0.0531. The van der Waals surface area contributed by atoms with Crippen molar-refractivity contribution in [2.75, 3.05) is 31.3 Å². The van der Waals surface area contributed by atoms with Crippen LogP contribution < -0.4 is 5.73 Å². The van der Waals surface area contributed by atoms with Crippen molar-refractivity contribution in [2.24, 2.45) is 0 Å². The molecular weight excluding hydrogens is 290 g/mol. The molecule has 6 nitrogen and oxygen atoms in total. The van der Waals surface area contributed by atoms with Gasteiger partial charge in [-0.3, -0.25) is 4.79 Å². The number of nitrogens with zero attached hydrogens (tertiary/aromatic N) is 2. The molecule has 1 aromatic rings. The molecule has 1 aromatic heterocycles. The SMILES string of the molecule is CN(CCS(C)(=O)=O)C(=O)c1cc(N)nc(C(C)(C)C)c1. The second-order valence-corrected chi connectivity index (χ2v) is 8.53. The first-order chi connectivity index (χ1) is 9.40. The third-order valence-corrected chi connectivity index (χ3v) is 3.93. The van der Waals surface area contributed by atoms with E-state index in [4.69, 9.17) is 5.73 Å². The maximum Gasteiger partial charge on any atom is 0.253 e. The Morgan fingerprint density at radius 2 is 1.90 bits per heavy atom. The number of rotatable bonds is 4. The minimum Gasteiger partial charge on any atom is -0.384 e. The molecule has 1 rings (SSSR count). The number of nitrogen functional groups attached to an aromatic ring is 1. The van der Waals surface area contributed by atoms with Crippen molar-refractivity contribution in [1.29, 1.82) is 0 Å². The summed E-state index contributed by atoms with van der Waals surface area (Å²) in [4.78, 5) is 18.0. The molecule has 1 amide bonds. The highest BCUT2D eigenvalue weighted by Crippen LogP contribution is 2.23. The normalized spacial score (nSPS) is 12.2. The van der Waals surface area contributed by atoms with Crippen LogP contribution in [0.15, 0.2) is 12.1 Å². The number of hydrogen-bond acceptors (Lipinski definition) is 5. The predicted octanol–water partition coefficient (Wildman–Crippen LogP) is 1.08. The van der Waals surface area contributed by atoms with Gasteiger partial charge in [-0.2, -0.15) is 0 Å². The molecule has 0 bridgehead atoms. The zero-order valence-corrected chi connectivity index (χ0v) is 14.0. The maximum absolute atomic E-state index is 12.3. The maximum atomic E-state index is 12.3. The molecule has 7 heteroatoms. The first-order valence-electron chi connectivity index (χ1n) is 6.61. The average molecular weight is 313 g/mol. The highest BCUT2D eigenvalue weighted by Gasteiger charge is 2.20. The third-order valence-electron chi connectivity index (χ3n) is 3.00. The number of hydrogen-bond donors (Lipinski definition) is 1. The van der Waals surface area contributed by atoms with Gasteiger partial charge in [0.05, 0.1) is 5.75 Å². The van der Waals surface area contributed by atoms with E-state index < -0.39 is 9.84 Å². The largest absolute Gasteiger partial charge is 0.384 e. The number of anilines is 1. The van der Waals surface area contributed by atoms with Gasteiger partial charge in [0.15, 0.2) is 0 Å². The first kappa shape index (κ1) is 17.4. The predicted molar refractivity (Wildman–Crippen MR) is 84.0 cm³/mol. The quantitative estimate of drug-likeness (QED) is 0.897. The van der Waals surface area contributed by atoms with Crippen LogP contribution in [0.4, 0.5) is 5.82 Å². The van der Waals surface area contributed by atoms with E-state index in [9.17, 15) is 13.2 Å². The molecule has 0 fully saturated rings. The molecule has 0 unspecified atom stereocenters. The molecule has 0 radical (unpaired) electrons. The van der Waals surface area contributed by atoms with Gasteiger partial charge in [-0.05, 0) is 12.1 Å². The van der Waals surface area contributed by atoms with Crippen molar-refractivity contribution < 1.29 is 13.2 Å². The summed E-state index contributed by atoms with van der Waals surface area (Å²) >= 11 is 0. The van der Waals surface area contributed by atoms with E-state index in [2.05, 4.69) is 4.98 Å². The Hall–Kier alpha value is -1.63. The van der Waals surface area contributed by atoms with E-state index in [1.54, 1.807) is 13.1 Å². The molecule has 0 saturated carbocycles. The van der Waals surface area contributed by atoms with Gasteiger partial charge in [-0.1, -0.05) is 20.8 Å². The summed E-state index contributed by atoms with van der Waals surface area (Å²) in [6, 6.07) is 3.21. The summed E-state index contributed by atoms with van der Waals surface area (Å²) in [7, 11) is -1.54. The Balaban J connectivity index is 3.00. The molecule has 21 heavy (non-hydrogen) atoms. The fourth-order valence-electron chi connectivity index (χ4n) is 1.68. The molecule has 0 saturated heterocycles. The molecule has 0 aliphatic heterocycles. The van der Waals surface area contributed by atoms with Crippen LogP contribution in [0.3, 0.4) is 0 Å². The Labute approximate surface area is 126 Å². The van der Waals surface area contributed by atoms with E-state index in [-0.39, 0.29) is 29.4 Å². The van der Waals surface area contributed by atoms with Crippen LogP contribution in [0.25, 0.3) is 0 Å². The van der Waals surface area contributed by atoms with Crippen LogP contribution in [0.5, 0.6) is 0 Å². The number of amides is 1. The molecule has 0 aliphatic rings. The van der Waals surface area contributed by atoms with Gasteiger partial charge < -0.3 is 10.6 Å². The van der Waals surface area contributed by atoms with Gasteiger partial charge in [0, 0.05) is 36.5 Å². The minimum absolute atomic E-state index is 0.0675. The third kappa shape index (κ3) is 5.34. The van der Waals surface area contributed by atoms with Gasteiger partial charge in [-0.25, -0.2) is 13.4 Å². The Morgan fingerprint density at radius 3 is 2.38 bits per heavy atom. The standard InChI is InChI=1S/C14H23N3O3S/c1-14(2,3)11-8-10(9-12(15)16-11)13(18)17(4)6-7-21(5,19)20/h8-9H,6-7H2,1-5H3,(H2,15,16). The van der Waals surface area contributed by atoms with Crippen molar-refractivity contribution in [2.45, 2.75) is 26.2 Å². The number of carbonyl (C=O) groups excluding carboxylic acids is 1. The van der Waals surface area contributed by atoms with Gasteiger partial charge in [0.2, 0.25) is 0 Å². The average Bonchev–Trinajstić information content (AvgIpc) is 2.32. The topological polar surface area (TPSA) is 93.4 Å². The lowest BCUT2D eigenvalue weighted by atomic mass is 9.90. The van der Waals surface area contributed by atoms with E-state index >= 15 is 0 Å². The van der Waals surface area contributed by atoms with E-state index in [0.717, 1.165) is 11.9 Å². The Kier molecular flexibility index (Phi) is 4.99. The zero-order valence-electron chi connectivity index (χ0n) is 13.2. The lowest BCUT2D eigenvalue weighted by Gasteiger charge is -2.21. The van der Waals surface area contributed by atoms with E-state index in [1.165, 1.54) is 11.0 Å². The van der Waals surface area contributed by atoms with Crippen molar-refractivity contribution in [3.8, 4) is 0 Å². The second kappa shape index (κ2) is 6.01. The van der Waals surface area contributed by atoms with E-state index in [1.807, 2.05) is 20.8 Å². The zero-order chi connectivity index (χ0) is 16.4. The number of nitrogens with two attached hydrogens (primary N) is 1. The number of pyridine rings is 1. The van der Waals surface area contributed by atoms with Crippen LogP contribution in [0, 0.1) is 0 Å². The van der Waals surface area contributed by atoms with Crippen molar-refractivity contribution in [3.63, 3.8) is 0 Å². The van der Waals surface area contributed by atoms with E-state index in [0.29, 0.717) is 5.56 Å². The second-order valence-electron chi connectivity index (χ2n) is 6.27. The fourth-order valence-corrected chi connectivity index (χ4v) is 2.29. The van der Waals surface area contributed by atoms with Crippen molar-refractivity contribution in [3.05, 3.63) is 23.4 Å². The van der Waals surface area contributed by atoms with Crippen LogP contribution in [0.2, 0.25) is 0 Å². The van der Waals surface area contributed by atoms with Gasteiger partial charge in [0.25, 0.3) is 5.91 Å². The molecular formula is C14H23N3O3S. The van der Waals surface area contributed by atoms with Gasteiger partial charge in [0.1, 0.15) is 15.7 Å². The van der Waals surface area contributed by atoms with Crippen molar-refractivity contribution in [1.82, 2.24) is 9.88 Å². The number of carbonyl (C=O) groups is 1. The molecule has 0 aromatic carbocycles. The van der Waals surface area contributed by atoms with Gasteiger partial charge in [-0.15, -0.1) is 0 Å². The molecule has 0 aliphatic carbocycles. The molecule has 118 valence electrons. The number of aromatic nitrogens is 1. The van der Waals surface area contributed by atoms with Crippen LogP contribution >= 0.6 is 0 Å². The monoisotopic (exact) mass is 313 g/mol. The van der Waals surface area contributed by atoms with Gasteiger partial charge >= 0.3 is 0 Å². The number of sulfone groups is 1. The lowest BCUT2D eigenvalue weighted by Crippen LogP contribution is -2.32. The Bertz CT molecular complexity index is 633. The summed E-state index contributed by atoms with van der Waals surface area (Å²) in [5.41, 5.74) is 6.68.